The first kappa shape index (κ1) is 8.62. The zero-order valence-electron chi connectivity index (χ0n) is 7.69. The Labute approximate surface area is 80.7 Å². The van der Waals surface area contributed by atoms with Crippen LogP contribution in [0.4, 0.5) is 0 Å². The number of aromatic amines is 1. The van der Waals surface area contributed by atoms with E-state index in [1.807, 2.05) is 13.0 Å². The molecule has 2 rings (SSSR count). The molecule has 0 aliphatic carbocycles. The molecule has 2 aromatic heterocycles. The van der Waals surface area contributed by atoms with E-state index in [1.54, 1.807) is 18.5 Å². The predicted molar refractivity (Wildman–Crippen MR) is 52.8 cm³/mol. The zero-order valence-corrected chi connectivity index (χ0v) is 7.69. The van der Waals surface area contributed by atoms with E-state index < -0.39 is 0 Å². The smallest absolute Gasteiger partial charge is 0.305 e. The van der Waals surface area contributed by atoms with Crippen molar-refractivity contribution < 1.29 is 0 Å². The summed E-state index contributed by atoms with van der Waals surface area (Å²) in [6.07, 6.45) is 4.93. The van der Waals surface area contributed by atoms with E-state index in [4.69, 9.17) is 0 Å². The molecule has 2 heterocycles. The van der Waals surface area contributed by atoms with Crippen LogP contribution in [0.3, 0.4) is 0 Å². The van der Waals surface area contributed by atoms with Gasteiger partial charge < -0.3 is 4.98 Å². The lowest BCUT2D eigenvalue weighted by Crippen LogP contribution is -2.09. The highest BCUT2D eigenvalue weighted by Crippen LogP contribution is 2.17. The van der Waals surface area contributed by atoms with Gasteiger partial charge in [-0.1, -0.05) is 0 Å². The molecule has 0 aliphatic rings. The van der Waals surface area contributed by atoms with Crippen LogP contribution in [-0.2, 0) is 0 Å². The molecule has 0 atom stereocenters. The van der Waals surface area contributed by atoms with E-state index in [0.717, 1.165) is 16.8 Å². The molecule has 0 radical (unpaired) electrons. The minimum absolute atomic E-state index is 0.342. The zero-order chi connectivity index (χ0) is 9.97. The van der Waals surface area contributed by atoms with E-state index in [9.17, 15) is 4.79 Å². The maximum atomic E-state index is 11.0. The second-order valence-corrected chi connectivity index (χ2v) is 2.98. The Balaban J connectivity index is 2.61. The maximum Gasteiger partial charge on any atom is 0.345 e. The third kappa shape index (κ3) is 1.54. The van der Waals surface area contributed by atoms with Gasteiger partial charge >= 0.3 is 5.69 Å². The molecule has 2 aromatic rings. The van der Waals surface area contributed by atoms with Crippen LogP contribution in [0.2, 0.25) is 0 Å². The summed E-state index contributed by atoms with van der Waals surface area (Å²) in [4.78, 5) is 21.2. The molecule has 0 fully saturated rings. The van der Waals surface area contributed by atoms with Gasteiger partial charge in [-0.05, 0) is 24.6 Å². The Morgan fingerprint density at radius 3 is 2.86 bits per heavy atom. The maximum absolute atomic E-state index is 11.0. The topological polar surface area (TPSA) is 58.6 Å². The van der Waals surface area contributed by atoms with E-state index in [2.05, 4.69) is 15.0 Å². The van der Waals surface area contributed by atoms with E-state index in [0.29, 0.717) is 0 Å². The van der Waals surface area contributed by atoms with E-state index >= 15 is 0 Å². The fourth-order valence-corrected chi connectivity index (χ4v) is 1.27. The van der Waals surface area contributed by atoms with Crippen molar-refractivity contribution in [2.24, 2.45) is 0 Å². The highest BCUT2D eigenvalue weighted by molar-refractivity contribution is 5.61. The van der Waals surface area contributed by atoms with Gasteiger partial charge in [-0.15, -0.1) is 0 Å². The average molecular weight is 187 g/mol. The second kappa shape index (κ2) is 3.41. The van der Waals surface area contributed by atoms with Crippen LogP contribution in [0.1, 0.15) is 5.56 Å². The van der Waals surface area contributed by atoms with Crippen LogP contribution in [0, 0.1) is 6.92 Å². The number of nitrogens with zero attached hydrogens (tertiary/aromatic N) is 2. The molecule has 0 unspecified atom stereocenters. The number of hydrogen-bond donors (Lipinski definition) is 1. The van der Waals surface area contributed by atoms with Gasteiger partial charge in [-0.25, -0.2) is 9.78 Å². The lowest BCUT2D eigenvalue weighted by atomic mass is 10.1. The Morgan fingerprint density at radius 2 is 2.14 bits per heavy atom. The molecule has 0 saturated heterocycles. The van der Waals surface area contributed by atoms with Gasteiger partial charge in [0.2, 0.25) is 0 Å². The summed E-state index contributed by atoms with van der Waals surface area (Å²) in [5.74, 6) is 0. The third-order valence-corrected chi connectivity index (χ3v) is 2.00. The van der Waals surface area contributed by atoms with Crippen molar-refractivity contribution in [1.82, 2.24) is 15.0 Å². The van der Waals surface area contributed by atoms with Gasteiger partial charge in [0.25, 0.3) is 0 Å². The molecule has 0 aliphatic heterocycles. The number of pyridine rings is 1. The molecule has 0 amide bonds. The minimum atomic E-state index is -0.342. The third-order valence-electron chi connectivity index (χ3n) is 2.00. The highest BCUT2D eigenvalue weighted by Gasteiger charge is 2.01. The van der Waals surface area contributed by atoms with Crippen molar-refractivity contribution in [1.29, 1.82) is 0 Å². The molecule has 0 bridgehead atoms. The molecule has 0 aromatic carbocycles. The van der Waals surface area contributed by atoms with Crippen molar-refractivity contribution in [3.63, 3.8) is 0 Å². The van der Waals surface area contributed by atoms with Crippen molar-refractivity contribution >= 4 is 0 Å². The first-order valence-electron chi connectivity index (χ1n) is 4.24. The standard InChI is InChI=1S/C10H9N3O/c1-7-2-4-11-6-8(7)9-3-5-12-10(14)13-9/h2-6H,1H3,(H,12,13,14). The number of aryl methyl sites for hydroxylation is 1. The summed E-state index contributed by atoms with van der Waals surface area (Å²) in [5, 5.41) is 0. The first-order valence-corrected chi connectivity index (χ1v) is 4.24. The molecule has 70 valence electrons. The number of hydrogen-bond acceptors (Lipinski definition) is 3. The summed E-state index contributed by atoms with van der Waals surface area (Å²) >= 11 is 0. The average Bonchev–Trinajstić information content (AvgIpc) is 2.18. The summed E-state index contributed by atoms with van der Waals surface area (Å²) in [6, 6.07) is 3.65. The van der Waals surface area contributed by atoms with E-state index in [1.165, 1.54) is 6.20 Å². The van der Waals surface area contributed by atoms with Crippen molar-refractivity contribution in [3.05, 3.63) is 46.8 Å². The number of nitrogens with one attached hydrogen (secondary N) is 1. The van der Waals surface area contributed by atoms with Crippen LogP contribution in [-0.4, -0.2) is 15.0 Å². The fourth-order valence-electron chi connectivity index (χ4n) is 1.27. The summed E-state index contributed by atoms with van der Waals surface area (Å²) in [7, 11) is 0. The number of aromatic nitrogens is 3. The first-order chi connectivity index (χ1) is 6.77. The Morgan fingerprint density at radius 1 is 1.29 bits per heavy atom. The van der Waals surface area contributed by atoms with E-state index in [-0.39, 0.29) is 5.69 Å². The molecule has 14 heavy (non-hydrogen) atoms. The number of H-pyrrole nitrogens is 1. The van der Waals surface area contributed by atoms with Crippen LogP contribution in [0.5, 0.6) is 0 Å². The summed E-state index contributed by atoms with van der Waals surface area (Å²) < 4.78 is 0. The molecule has 0 spiro atoms. The minimum Gasteiger partial charge on any atom is -0.305 e. The number of rotatable bonds is 1. The van der Waals surface area contributed by atoms with Gasteiger partial charge in [0.1, 0.15) is 0 Å². The second-order valence-electron chi connectivity index (χ2n) is 2.98. The summed E-state index contributed by atoms with van der Waals surface area (Å²) in [5.41, 5.74) is 2.40. The van der Waals surface area contributed by atoms with Crippen molar-refractivity contribution in [3.8, 4) is 11.3 Å². The van der Waals surface area contributed by atoms with Crippen LogP contribution < -0.4 is 5.69 Å². The van der Waals surface area contributed by atoms with Crippen LogP contribution >= 0.6 is 0 Å². The predicted octanol–water partition coefficient (Wildman–Crippen LogP) is 1.14. The molecule has 4 heteroatoms. The molecular weight excluding hydrogens is 178 g/mol. The van der Waals surface area contributed by atoms with Crippen molar-refractivity contribution in [2.45, 2.75) is 6.92 Å². The fraction of sp³-hybridized carbons (Fsp3) is 0.100. The highest BCUT2D eigenvalue weighted by atomic mass is 16.1. The monoisotopic (exact) mass is 187 g/mol. The normalized spacial score (nSPS) is 10.1. The lowest BCUT2D eigenvalue weighted by molar-refractivity contribution is 1.08. The Hall–Kier alpha value is -1.97. The van der Waals surface area contributed by atoms with Crippen LogP contribution in [0.15, 0.2) is 35.5 Å². The Kier molecular flexibility index (Phi) is 2.10. The SMILES string of the molecule is Cc1ccncc1-c1ccnc(=O)[nH]1. The van der Waals surface area contributed by atoms with Crippen molar-refractivity contribution in [2.75, 3.05) is 0 Å². The quantitative estimate of drug-likeness (QED) is 0.728. The molecule has 4 nitrogen and oxygen atoms in total. The van der Waals surface area contributed by atoms with Gasteiger partial charge in [0, 0.05) is 24.2 Å². The van der Waals surface area contributed by atoms with Gasteiger partial charge in [0.05, 0.1) is 5.69 Å². The van der Waals surface area contributed by atoms with Gasteiger partial charge in [-0.3, -0.25) is 4.98 Å². The largest absolute Gasteiger partial charge is 0.345 e. The summed E-state index contributed by atoms with van der Waals surface area (Å²) in [6.45, 7) is 1.97. The van der Waals surface area contributed by atoms with Gasteiger partial charge in [0.15, 0.2) is 0 Å². The van der Waals surface area contributed by atoms with Crippen LogP contribution in [0.25, 0.3) is 11.3 Å². The molecular formula is C10H9N3O. The lowest BCUT2D eigenvalue weighted by Gasteiger charge is -2.02. The Bertz CT molecular complexity index is 504. The molecule has 1 N–H and O–H groups in total. The molecule has 0 saturated carbocycles. The van der Waals surface area contributed by atoms with Gasteiger partial charge in [-0.2, -0.15) is 0 Å².